The van der Waals surface area contributed by atoms with Gasteiger partial charge in [0.25, 0.3) is 5.91 Å². The third kappa shape index (κ3) is 2.55. The molecule has 0 radical (unpaired) electrons. The monoisotopic (exact) mass is 294 g/mol. The van der Waals surface area contributed by atoms with E-state index in [0.717, 1.165) is 45.3 Å². The predicted molar refractivity (Wildman–Crippen MR) is 79.9 cm³/mol. The lowest BCUT2D eigenvalue weighted by Crippen LogP contribution is -2.61. The van der Waals surface area contributed by atoms with Gasteiger partial charge >= 0.3 is 6.03 Å². The highest BCUT2D eigenvalue weighted by atomic mass is 16.2. The molecule has 0 aromatic rings. The number of carbonyl (C=O) groups is 2. The van der Waals surface area contributed by atoms with Crippen molar-refractivity contribution in [1.82, 2.24) is 20.4 Å². The Balaban J connectivity index is 1.75. The number of hydrogen-bond acceptors (Lipinski definition) is 4. The second-order valence-electron chi connectivity index (χ2n) is 6.84. The molecular formula is C15H26N4O2. The Morgan fingerprint density at radius 2 is 1.95 bits per heavy atom. The van der Waals surface area contributed by atoms with Crippen LogP contribution in [0.15, 0.2) is 0 Å². The summed E-state index contributed by atoms with van der Waals surface area (Å²) in [6.45, 7) is 7.59. The fourth-order valence-corrected chi connectivity index (χ4v) is 3.96. The van der Waals surface area contributed by atoms with Crippen LogP contribution in [0.1, 0.15) is 39.5 Å². The van der Waals surface area contributed by atoms with Crippen LogP contribution < -0.4 is 10.6 Å². The van der Waals surface area contributed by atoms with Gasteiger partial charge in [0.05, 0.1) is 0 Å². The van der Waals surface area contributed by atoms with Crippen molar-refractivity contribution in [2.75, 3.05) is 26.2 Å². The first-order valence-corrected chi connectivity index (χ1v) is 8.14. The van der Waals surface area contributed by atoms with E-state index in [0.29, 0.717) is 12.6 Å². The lowest BCUT2D eigenvalue weighted by molar-refractivity contribution is -0.134. The van der Waals surface area contributed by atoms with Gasteiger partial charge in [0.1, 0.15) is 5.54 Å². The van der Waals surface area contributed by atoms with Crippen LogP contribution in [-0.2, 0) is 4.79 Å². The molecule has 0 aromatic carbocycles. The second kappa shape index (κ2) is 5.57. The maximum atomic E-state index is 12.8. The quantitative estimate of drug-likeness (QED) is 0.729. The minimum absolute atomic E-state index is 0.0267. The Morgan fingerprint density at radius 3 is 2.57 bits per heavy atom. The summed E-state index contributed by atoms with van der Waals surface area (Å²) < 4.78 is 0. The summed E-state index contributed by atoms with van der Waals surface area (Å²) in [6.07, 6.45) is 4.00. The zero-order valence-corrected chi connectivity index (χ0v) is 13.0. The third-order valence-corrected chi connectivity index (χ3v) is 5.06. The average molecular weight is 294 g/mol. The van der Waals surface area contributed by atoms with Gasteiger partial charge in [-0.25, -0.2) is 4.79 Å². The first-order chi connectivity index (χ1) is 10.0. The van der Waals surface area contributed by atoms with Gasteiger partial charge in [-0.15, -0.1) is 0 Å². The van der Waals surface area contributed by atoms with Crippen molar-refractivity contribution in [1.29, 1.82) is 0 Å². The van der Waals surface area contributed by atoms with Gasteiger partial charge in [-0.2, -0.15) is 0 Å². The summed E-state index contributed by atoms with van der Waals surface area (Å²) in [7, 11) is 0. The van der Waals surface area contributed by atoms with Crippen LogP contribution >= 0.6 is 0 Å². The number of carbonyl (C=O) groups excluding carboxylic acids is 2. The highest BCUT2D eigenvalue weighted by Gasteiger charge is 2.54. The van der Waals surface area contributed by atoms with Crippen molar-refractivity contribution < 1.29 is 9.59 Å². The Morgan fingerprint density at radius 1 is 1.24 bits per heavy atom. The number of nitrogens with zero attached hydrogens (tertiary/aromatic N) is 2. The van der Waals surface area contributed by atoms with Crippen LogP contribution in [0.3, 0.4) is 0 Å². The molecule has 3 rings (SSSR count). The number of piperidine rings is 2. The van der Waals surface area contributed by atoms with E-state index < -0.39 is 5.54 Å². The first kappa shape index (κ1) is 14.8. The van der Waals surface area contributed by atoms with Crippen LogP contribution in [0.4, 0.5) is 4.79 Å². The van der Waals surface area contributed by atoms with E-state index in [1.54, 1.807) is 0 Å². The molecule has 3 aliphatic heterocycles. The minimum atomic E-state index is -0.676. The second-order valence-corrected chi connectivity index (χ2v) is 6.84. The van der Waals surface area contributed by atoms with Crippen LogP contribution in [0.5, 0.6) is 0 Å². The maximum Gasteiger partial charge on any atom is 0.325 e. The Hall–Kier alpha value is -1.14. The van der Waals surface area contributed by atoms with Crippen LogP contribution in [0.2, 0.25) is 0 Å². The molecule has 3 amide bonds. The van der Waals surface area contributed by atoms with Gasteiger partial charge in [0.15, 0.2) is 0 Å². The molecule has 0 aromatic heterocycles. The molecule has 3 saturated heterocycles. The van der Waals surface area contributed by atoms with Crippen molar-refractivity contribution >= 4 is 11.9 Å². The van der Waals surface area contributed by atoms with E-state index in [-0.39, 0.29) is 18.0 Å². The summed E-state index contributed by atoms with van der Waals surface area (Å²) >= 11 is 0. The Kier molecular flexibility index (Phi) is 3.92. The molecular weight excluding hydrogens is 268 g/mol. The van der Waals surface area contributed by atoms with E-state index >= 15 is 0 Å². The molecule has 6 nitrogen and oxygen atoms in total. The SMILES string of the molecule is CC(C)N1C(=O)NC2(CCCN(C3CCNCC3)C2)C1=O. The molecule has 3 heterocycles. The first-order valence-electron chi connectivity index (χ1n) is 8.14. The normalized spacial score (nSPS) is 32.2. The molecule has 0 aliphatic carbocycles. The van der Waals surface area contributed by atoms with Crippen molar-refractivity contribution in [2.24, 2.45) is 0 Å². The summed E-state index contributed by atoms with van der Waals surface area (Å²) in [5.41, 5.74) is -0.676. The largest absolute Gasteiger partial charge is 0.325 e. The standard InChI is InChI=1S/C15H26N4O2/c1-11(2)19-13(20)15(17-14(19)21)6-3-9-18(10-15)12-4-7-16-8-5-12/h11-12,16H,3-10H2,1-2H3,(H,17,21). The number of rotatable bonds is 2. The van der Waals surface area contributed by atoms with Crippen LogP contribution in [0.25, 0.3) is 0 Å². The number of hydrogen-bond donors (Lipinski definition) is 2. The van der Waals surface area contributed by atoms with Crippen molar-refractivity contribution in [3.8, 4) is 0 Å². The van der Waals surface area contributed by atoms with Crippen LogP contribution in [-0.4, -0.2) is 65.5 Å². The molecule has 1 spiro atoms. The fourth-order valence-electron chi connectivity index (χ4n) is 3.96. The molecule has 0 bridgehead atoms. The Labute approximate surface area is 126 Å². The predicted octanol–water partition coefficient (Wildman–Crippen LogP) is 0.533. The van der Waals surface area contributed by atoms with E-state index in [9.17, 15) is 9.59 Å². The molecule has 2 N–H and O–H groups in total. The number of amides is 3. The average Bonchev–Trinajstić information content (AvgIpc) is 2.70. The topological polar surface area (TPSA) is 64.7 Å². The van der Waals surface area contributed by atoms with Gasteiger partial charge < -0.3 is 10.6 Å². The lowest BCUT2D eigenvalue weighted by atomic mass is 9.87. The van der Waals surface area contributed by atoms with Crippen LogP contribution in [0, 0.1) is 0 Å². The maximum absolute atomic E-state index is 12.8. The molecule has 1 atom stereocenters. The molecule has 6 heteroatoms. The third-order valence-electron chi connectivity index (χ3n) is 5.06. The van der Waals surface area contributed by atoms with E-state index in [1.165, 1.54) is 4.90 Å². The highest BCUT2D eigenvalue weighted by molar-refractivity contribution is 6.07. The minimum Gasteiger partial charge on any atom is -0.322 e. The summed E-state index contributed by atoms with van der Waals surface area (Å²) in [6, 6.07) is 0.245. The number of nitrogens with one attached hydrogen (secondary N) is 2. The van der Waals surface area contributed by atoms with Crippen molar-refractivity contribution in [3.05, 3.63) is 0 Å². The van der Waals surface area contributed by atoms with Gasteiger partial charge in [0.2, 0.25) is 0 Å². The van der Waals surface area contributed by atoms with E-state index in [2.05, 4.69) is 15.5 Å². The van der Waals surface area contributed by atoms with Crippen molar-refractivity contribution in [2.45, 2.75) is 57.2 Å². The van der Waals surface area contributed by atoms with Gasteiger partial charge in [0, 0.05) is 18.6 Å². The van der Waals surface area contributed by atoms with Gasteiger partial charge in [-0.05, 0) is 59.2 Å². The van der Waals surface area contributed by atoms with Crippen molar-refractivity contribution in [3.63, 3.8) is 0 Å². The number of imide groups is 1. The molecule has 3 aliphatic rings. The molecule has 21 heavy (non-hydrogen) atoms. The zero-order valence-electron chi connectivity index (χ0n) is 13.0. The van der Waals surface area contributed by atoms with Gasteiger partial charge in [-0.1, -0.05) is 0 Å². The van der Waals surface area contributed by atoms with E-state index in [1.807, 2.05) is 13.8 Å². The fraction of sp³-hybridized carbons (Fsp3) is 0.867. The number of likely N-dealkylation sites (tertiary alicyclic amines) is 1. The Bertz CT molecular complexity index is 433. The molecule has 118 valence electrons. The summed E-state index contributed by atoms with van der Waals surface area (Å²) in [4.78, 5) is 28.7. The zero-order chi connectivity index (χ0) is 15.0. The summed E-state index contributed by atoms with van der Waals surface area (Å²) in [5, 5.41) is 6.38. The molecule has 1 unspecified atom stereocenters. The molecule has 3 fully saturated rings. The summed E-state index contributed by atoms with van der Waals surface area (Å²) in [5.74, 6) is -0.0267. The smallest absolute Gasteiger partial charge is 0.322 e. The number of urea groups is 1. The molecule has 0 saturated carbocycles. The van der Waals surface area contributed by atoms with Gasteiger partial charge in [-0.3, -0.25) is 14.6 Å². The highest BCUT2D eigenvalue weighted by Crippen LogP contribution is 2.31. The lowest BCUT2D eigenvalue weighted by Gasteiger charge is -2.43. The van der Waals surface area contributed by atoms with E-state index in [4.69, 9.17) is 0 Å².